The van der Waals surface area contributed by atoms with Crippen LogP contribution < -0.4 is 0 Å². The first-order valence-electron chi connectivity index (χ1n) is 6.30. The molecule has 0 amide bonds. The van der Waals surface area contributed by atoms with E-state index in [-0.39, 0.29) is 33.0 Å². The largest absolute Gasteiger partial charge is 0.465 e. The molecule has 0 aliphatic carbocycles. The van der Waals surface area contributed by atoms with Crippen LogP contribution in [0.2, 0.25) is 0 Å². The minimum atomic E-state index is -0.556. The normalized spacial score (nSPS) is 10.3. The van der Waals surface area contributed by atoms with Crippen LogP contribution in [0.4, 0.5) is 0 Å². The lowest BCUT2D eigenvalue weighted by atomic mass is 10.1. The number of nitrogens with zero attached hydrogens (tertiary/aromatic N) is 1. The number of methoxy groups -OCH3 is 1. The maximum absolute atomic E-state index is 11.0. The zero-order valence-corrected chi connectivity index (χ0v) is 12.6. The van der Waals surface area contributed by atoms with E-state index >= 15 is 0 Å². The smallest absolute Gasteiger partial charge is 0.341 e. The van der Waals surface area contributed by atoms with Crippen molar-refractivity contribution in [3.8, 4) is 6.07 Å². The first kappa shape index (κ1) is 23.8. The van der Waals surface area contributed by atoms with Crippen LogP contribution >= 0.6 is 0 Å². The van der Waals surface area contributed by atoms with Gasteiger partial charge in [-0.3, -0.25) is 9.59 Å². The number of carbonyl (C=O) groups is 3. The Balaban J connectivity index is -0.0000000843. The van der Waals surface area contributed by atoms with Crippen molar-refractivity contribution in [3.63, 3.8) is 0 Å². The Labute approximate surface area is 130 Å². The molecule has 0 radical (unpaired) electrons. The summed E-state index contributed by atoms with van der Waals surface area (Å²) in [5, 5.41) is 8.29. The minimum Gasteiger partial charge on any atom is -0.465 e. The molecule has 0 aromatic rings. The van der Waals surface area contributed by atoms with E-state index in [1.54, 1.807) is 27.7 Å². The fraction of sp³-hybridized carbons (Fsp3) is 0.500. The highest BCUT2D eigenvalue weighted by Gasteiger charge is 2.14. The van der Waals surface area contributed by atoms with Gasteiger partial charge in [0.05, 0.1) is 18.3 Å². The molecule has 122 valence electrons. The number of Topliss-reactive ketones (excluding diaryl/α,β-unsaturated/α-hetero) is 2. The predicted molar refractivity (Wildman–Crippen MR) is 86.7 cm³/mol. The van der Waals surface area contributed by atoms with Crippen LogP contribution in [0.5, 0.6) is 0 Å². The van der Waals surface area contributed by atoms with Crippen LogP contribution in [0.3, 0.4) is 0 Å². The van der Waals surface area contributed by atoms with Crippen molar-refractivity contribution < 1.29 is 22.0 Å². The summed E-state index contributed by atoms with van der Waals surface area (Å²) in [6.07, 6.45) is 3.74. The average Bonchev–Trinajstić information content (AvgIpc) is 2.48. The lowest BCUT2D eigenvalue weighted by Gasteiger charge is -2.00. The number of ketones is 2. The summed E-state index contributed by atoms with van der Waals surface area (Å²) in [6.45, 7) is 6.77. The molecule has 0 unspecified atom stereocenters. The predicted octanol–water partition coefficient (Wildman–Crippen LogP) is 3.65. The van der Waals surface area contributed by atoms with Gasteiger partial charge in [-0.05, 0) is 13.8 Å². The topological polar surface area (TPSA) is 84.2 Å². The number of carbonyl (C=O) groups excluding carboxylic acids is 3. The molecule has 5 nitrogen and oxygen atoms in total. The van der Waals surface area contributed by atoms with E-state index in [4.69, 9.17) is 5.26 Å². The first-order valence-corrected chi connectivity index (χ1v) is 6.30. The van der Waals surface area contributed by atoms with Crippen LogP contribution in [0.25, 0.3) is 0 Å². The van der Waals surface area contributed by atoms with Gasteiger partial charge in [0.1, 0.15) is 6.07 Å². The van der Waals surface area contributed by atoms with Crippen LogP contribution in [0, 0.1) is 11.3 Å². The van der Waals surface area contributed by atoms with Gasteiger partial charge in [-0.2, -0.15) is 5.26 Å². The van der Waals surface area contributed by atoms with E-state index in [2.05, 4.69) is 4.74 Å². The summed E-state index contributed by atoms with van der Waals surface area (Å²) < 4.78 is 4.40. The molecule has 0 fully saturated rings. The van der Waals surface area contributed by atoms with Gasteiger partial charge >= 0.3 is 5.97 Å². The van der Waals surface area contributed by atoms with Gasteiger partial charge in [-0.1, -0.05) is 33.4 Å². The molecular formula is C16H29NO4. The van der Waals surface area contributed by atoms with Gasteiger partial charge < -0.3 is 4.74 Å². The number of ether oxygens (including phenoxy) is 1. The van der Waals surface area contributed by atoms with Crippen molar-refractivity contribution >= 4 is 17.5 Å². The third-order valence-corrected chi connectivity index (χ3v) is 2.35. The third-order valence-electron chi connectivity index (χ3n) is 2.35. The van der Waals surface area contributed by atoms with E-state index in [0.29, 0.717) is 12.8 Å². The molecule has 0 saturated heterocycles. The van der Waals surface area contributed by atoms with E-state index in [1.807, 2.05) is 6.07 Å². The SMILES string of the molecule is C.CC=C(C#N)C(=O)CC.CC=C(C(=O)CC)C(=O)OC.[HH].[HH]. The third kappa shape index (κ3) is 9.33. The van der Waals surface area contributed by atoms with Crippen LogP contribution in [0.1, 0.15) is 50.8 Å². The van der Waals surface area contributed by atoms with Crippen molar-refractivity contribution in [1.29, 1.82) is 5.26 Å². The van der Waals surface area contributed by atoms with Crippen LogP contribution in [0.15, 0.2) is 23.3 Å². The first-order chi connectivity index (χ1) is 9.42. The van der Waals surface area contributed by atoms with Gasteiger partial charge in [-0.15, -0.1) is 0 Å². The summed E-state index contributed by atoms with van der Waals surface area (Å²) in [5.41, 5.74) is 0.396. The summed E-state index contributed by atoms with van der Waals surface area (Å²) in [6, 6.07) is 1.81. The highest BCUT2D eigenvalue weighted by Crippen LogP contribution is 2.01. The number of allylic oxidation sites excluding steroid dienone is 3. The Morgan fingerprint density at radius 2 is 1.57 bits per heavy atom. The average molecular weight is 299 g/mol. The molecule has 0 aromatic heterocycles. The molecule has 0 atom stereocenters. The van der Waals surface area contributed by atoms with E-state index in [1.165, 1.54) is 19.3 Å². The van der Waals surface area contributed by atoms with E-state index in [0.717, 1.165) is 0 Å². The number of rotatable bonds is 5. The number of nitriles is 1. The minimum absolute atomic E-state index is 0. The highest BCUT2D eigenvalue weighted by molar-refractivity contribution is 6.17. The standard InChI is InChI=1S/C8H12O3.C7H9NO.CH4.2H2/c1-4-6(7(9)5-2)8(10)11-3;1-3-6(5-8)7(9)4-2;;;/h4H,5H2,1-3H3;3H,4H2,1-2H3;1H4;2*1H. The molecule has 5 heteroatoms. The summed E-state index contributed by atoms with van der Waals surface area (Å²) in [5.74, 6) is -0.821. The highest BCUT2D eigenvalue weighted by atomic mass is 16.5. The summed E-state index contributed by atoms with van der Waals surface area (Å²) in [4.78, 5) is 32.5. The lowest BCUT2D eigenvalue weighted by Crippen LogP contribution is -2.13. The molecule has 0 spiro atoms. The van der Waals surface area contributed by atoms with Crippen molar-refractivity contribution in [1.82, 2.24) is 0 Å². The molecule has 0 heterocycles. The maximum Gasteiger partial charge on any atom is 0.341 e. The second-order valence-corrected chi connectivity index (χ2v) is 3.56. The second kappa shape index (κ2) is 14.2. The second-order valence-electron chi connectivity index (χ2n) is 3.56. The van der Waals surface area contributed by atoms with E-state index < -0.39 is 5.97 Å². The van der Waals surface area contributed by atoms with Gasteiger partial charge in [0, 0.05) is 15.7 Å². The van der Waals surface area contributed by atoms with Gasteiger partial charge in [0.2, 0.25) is 0 Å². The fourth-order valence-corrected chi connectivity index (χ4v) is 1.17. The van der Waals surface area contributed by atoms with Crippen LogP contribution in [-0.2, 0) is 19.1 Å². The Morgan fingerprint density at radius 3 is 1.76 bits per heavy atom. The Kier molecular flexibility index (Phi) is 16.1. The maximum atomic E-state index is 11.0. The quantitative estimate of drug-likeness (QED) is 0.254. The molecule has 0 aromatic carbocycles. The summed E-state index contributed by atoms with van der Waals surface area (Å²) in [7, 11) is 1.26. The van der Waals surface area contributed by atoms with Crippen molar-refractivity contribution in [2.75, 3.05) is 7.11 Å². The number of hydrogen-bond acceptors (Lipinski definition) is 5. The Bertz CT molecular complexity index is 445. The van der Waals surface area contributed by atoms with Crippen LogP contribution in [-0.4, -0.2) is 24.6 Å². The van der Waals surface area contributed by atoms with Gasteiger partial charge in [0.25, 0.3) is 0 Å². The lowest BCUT2D eigenvalue weighted by molar-refractivity contribution is -0.137. The number of hydrogen-bond donors (Lipinski definition) is 0. The molecule has 0 aliphatic rings. The molecule has 0 rings (SSSR count). The monoisotopic (exact) mass is 299 g/mol. The zero-order valence-electron chi connectivity index (χ0n) is 12.6. The Hall–Kier alpha value is -2.22. The van der Waals surface area contributed by atoms with Gasteiger partial charge in [-0.25, -0.2) is 4.79 Å². The number of esters is 1. The molecule has 0 saturated carbocycles. The van der Waals surface area contributed by atoms with Crippen molar-refractivity contribution in [3.05, 3.63) is 23.3 Å². The molecule has 0 bridgehead atoms. The molecule has 0 N–H and O–H groups in total. The van der Waals surface area contributed by atoms with E-state index in [9.17, 15) is 14.4 Å². The molecule has 0 aliphatic heterocycles. The van der Waals surface area contributed by atoms with Crippen molar-refractivity contribution in [2.45, 2.75) is 48.0 Å². The molecular weight excluding hydrogens is 270 g/mol. The van der Waals surface area contributed by atoms with Crippen molar-refractivity contribution in [2.24, 2.45) is 0 Å². The van der Waals surface area contributed by atoms with Gasteiger partial charge in [0.15, 0.2) is 11.6 Å². The fourth-order valence-electron chi connectivity index (χ4n) is 1.17. The molecule has 21 heavy (non-hydrogen) atoms. The summed E-state index contributed by atoms with van der Waals surface area (Å²) >= 11 is 0. The zero-order chi connectivity index (χ0) is 16.1. The Morgan fingerprint density at radius 1 is 1.10 bits per heavy atom.